The number of benzene rings is 1. The minimum atomic E-state index is -0.258. The quantitative estimate of drug-likeness (QED) is 0.877. The van der Waals surface area contributed by atoms with Crippen LogP contribution in [0.1, 0.15) is 46.9 Å². The van der Waals surface area contributed by atoms with E-state index >= 15 is 0 Å². The molecule has 1 aromatic carbocycles. The zero-order valence-electron chi connectivity index (χ0n) is 15.5. The number of amides is 1. The van der Waals surface area contributed by atoms with E-state index in [-0.39, 0.29) is 28.9 Å². The van der Waals surface area contributed by atoms with Crippen molar-refractivity contribution < 1.29 is 15.0 Å². The van der Waals surface area contributed by atoms with Crippen LogP contribution >= 0.6 is 0 Å². The van der Waals surface area contributed by atoms with Gasteiger partial charge in [0.2, 0.25) is 5.95 Å². The number of carbonyl (C=O) groups is 1. The highest BCUT2D eigenvalue weighted by atomic mass is 16.3. The van der Waals surface area contributed by atoms with Gasteiger partial charge in [-0.3, -0.25) is 4.79 Å². The molecule has 1 aliphatic heterocycles. The summed E-state index contributed by atoms with van der Waals surface area (Å²) in [5, 5.41) is 20.1. The molecule has 7 heteroatoms. The number of nitrogens with zero attached hydrogens (tertiary/aromatic N) is 4. The van der Waals surface area contributed by atoms with Gasteiger partial charge in [0.15, 0.2) is 0 Å². The summed E-state index contributed by atoms with van der Waals surface area (Å²) < 4.78 is 0. The van der Waals surface area contributed by atoms with Crippen LogP contribution in [-0.4, -0.2) is 51.6 Å². The average Bonchev–Trinajstić information content (AvgIpc) is 2.60. The first-order valence-corrected chi connectivity index (χ1v) is 8.65. The Labute approximate surface area is 152 Å². The van der Waals surface area contributed by atoms with Gasteiger partial charge in [0.1, 0.15) is 11.5 Å². The van der Waals surface area contributed by atoms with Gasteiger partial charge in [0.25, 0.3) is 5.91 Å². The zero-order valence-corrected chi connectivity index (χ0v) is 15.5. The number of hydrogen-bond acceptors (Lipinski definition) is 6. The van der Waals surface area contributed by atoms with Crippen molar-refractivity contribution in [3.63, 3.8) is 0 Å². The summed E-state index contributed by atoms with van der Waals surface area (Å²) >= 11 is 0. The maximum absolute atomic E-state index is 12.9. The molecule has 2 heterocycles. The topological polar surface area (TPSA) is 89.8 Å². The SMILES string of the molecule is CC(C)c1cc(C(=O)N2CCc3nc(N(C)C)ncc3C2)c(O)cc1O. The second-order valence-electron chi connectivity index (χ2n) is 7.10. The molecule has 0 saturated carbocycles. The number of fused-ring (bicyclic) bond motifs is 1. The molecule has 0 saturated heterocycles. The number of hydrogen-bond donors (Lipinski definition) is 2. The van der Waals surface area contributed by atoms with E-state index in [9.17, 15) is 15.0 Å². The van der Waals surface area contributed by atoms with Gasteiger partial charge in [0, 0.05) is 51.4 Å². The van der Waals surface area contributed by atoms with Gasteiger partial charge in [-0.2, -0.15) is 0 Å². The van der Waals surface area contributed by atoms with Crippen molar-refractivity contribution in [2.24, 2.45) is 0 Å². The highest BCUT2D eigenvalue weighted by Gasteiger charge is 2.26. The molecule has 7 nitrogen and oxygen atoms in total. The Hall–Kier alpha value is -2.83. The van der Waals surface area contributed by atoms with E-state index in [4.69, 9.17) is 0 Å². The van der Waals surface area contributed by atoms with Crippen molar-refractivity contribution in [2.45, 2.75) is 32.7 Å². The smallest absolute Gasteiger partial charge is 0.257 e. The van der Waals surface area contributed by atoms with Gasteiger partial charge in [-0.25, -0.2) is 9.97 Å². The maximum atomic E-state index is 12.9. The molecule has 0 bridgehead atoms. The molecular formula is C19H24N4O3. The zero-order chi connectivity index (χ0) is 19.0. The van der Waals surface area contributed by atoms with E-state index in [2.05, 4.69) is 9.97 Å². The summed E-state index contributed by atoms with van der Waals surface area (Å²) in [5.74, 6) is 0.236. The molecule has 3 rings (SSSR count). The number of aromatic nitrogens is 2. The first-order chi connectivity index (χ1) is 12.3. The van der Waals surface area contributed by atoms with Gasteiger partial charge in [0.05, 0.1) is 11.3 Å². The Kier molecular flexibility index (Phi) is 4.71. The van der Waals surface area contributed by atoms with E-state index in [1.807, 2.05) is 32.8 Å². The summed E-state index contributed by atoms with van der Waals surface area (Å²) in [4.78, 5) is 25.3. The van der Waals surface area contributed by atoms with Crippen LogP contribution in [-0.2, 0) is 13.0 Å². The fourth-order valence-electron chi connectivity index (χ4n) is 3.09. The standard InChI is InChI=1S/C19H24N4O3/c1-11(2)13-7-14(17(25)8-16(13)24)18(26)23-6-5-15-12(10-23)9-20-19(21-15)22(3)4/h7-9,11,24-25H,5-6,10H2,1-4H3. The third-order valence-corrected chi connectivity index (χ3v) is 4.61. The monoisotopic (exact) mass is 356 g/mol. The highest BCUT2D eigenvalue weighted by molar-refractivity contribution is 5.97. The minimum Gasteiger partial charge on any atom is -0.508 e. The Morgan fingerprint density at radius 3 is 2.62 bits per heavy atom. The van der Waals surface area contributed by atoms with Crippen LogP contribution in [0.5, 0.6) is 11.5 Å². The van der Waals surface area contributed by atoms with Crippen LogP contribution in [0.3, 0.4) is 0 Å². The molecule has 0 radical (unpaired) electrons. The summed E-state index contributed by atoms with van der Waals surface area (Å²) in [6.45, 7) is 4.78. The number of phenolic OH excluding ortho intramolecular Hbond substituents is 2. The highest BCUT2D eigenvalue weighted by Crippen LogP contribution is 2.33. The molecule has 0 fully saturated rings. The lowest BCUT2D eigenvalue weighted by atomic mass is 9.97. The van der Waals surface area contributed by atoms with Gasteiger partial charge in [-0.05, 0) is 17.5 Å². The molecule has 0 unspecified atom stereocenters. The Morgan fingerprint density at radius 2 is 1.96 bits per heavy atom. The molecule has 0 aliphatic carbocycles. The van der Waals surface area contributed by atoms with Gasteiger partial charge >= 0.3 is 0 Å². The largest absolute Gasteiger partial charge is 0.508 e. The lowest BCUT2D eigenvalue weighted by Crippen LogP contribution is -2.36. The maximum Gasteiger partial charge on any atom is 0.257 e. The number of carbonyl (C=O) groups excluding carboxylic acids is 1. The van der Waals surface area contributed by atoms with Crippen LogP contribution in [0.25, 0.3) is 0 Å². The Bertz CT molecular complexity index is 849. The number of anilines is 1. The molecular weight excluding hydrogens is 332 g/mol. The number of aromatic hydroxyl groups is 2. The predicted molar refractivity (Wildman–Crippen MR) is 98.7 cm³/mol. The van der Waals surface area contributed by atoms with E-state index in [0.717, 1.165) is 11.3 Å². The third kappa shape index (κ3) is 3.29. The molecule has 1 amide bonds. The molecule has 0 spiro atoms. The molecule has 138 valence electrons. The summed E-state index contributed by atoms with van der Waals surface area (Å²) in [5.41, 5.74) is 2.71. The number of rotatable bonds is 3. The first-order valence-electron chi connectivity index (χ1n) is 8.65. The molecule has 26 heavy (non-hydrogen) atoms. The van der Waals surface area contributed by atoms with Crippen molar-refractivity contribution in [2.75, 3.05) is 25.5 Å². The van der Waals surface area contributed by atoms with Crippen molar-refractivity contribution in [3.05, 3.63) is 40.7 Å². The first kappa shape index (κ1) is 18.0. The second-order valence-corrected chi connectivity index (χ2v) is 7.10. The fraction of sp³-hybridized carbons (Fsp3) is 0.421. The number of phenols is 2. The molecule has 1 aliphatic rings. The Morgan fingerprint density at radius 1 is 1.23 bits per heavy atom. The summed E-state index contributed by atoms with van der Waals surface area (Å²) in [6.07, 6.45) is 2.40. The van der Waals surface area contributed by atoms with Crippen LogP contribution in [0, 0.1) is 0 Å². The normalized spacial score (nSPS) is 13.7. The van der Waals surface area contributed by atoms with Crippen molar-refractivity contribution in [1.29, 1.82) is 0 Å². The summed E-state index contributed by atoms with van der Waals surface area (Å²) in [6, 6.07) is 2.83. The molecule has 2 N–H and O–H groups in total. The van der Waals surface area contributed by atoms with E-state index in [0.29, 0.717) is 31.0 Å². The van der Waals surface area contributed by atoms with E-state index in [1.54, 1.807) is 17.2 Å². The third-order valence-electron chi connectivity index (χ3n) is 4.61. The predicted octanol–water partition coefficient (Wildman–Crippen LogP) is 2.28. The molecule has 0 atom stereocenters. The van der Waals surface area contributed by atoms with Crippen LogP contribution < -0.4 is 4.90 Å². The lowest BCUT2D eigenvalue weighted by molar-refractivity contribution is 0.0730. The minimum absolute atomic E-state index is 0.00246. The Balaban J connectivity index is 1.87. The van der Waals surface area contributed by atoms with E-state index < -0.39 is 0 Å². The van der Waals surface area contributed by atoms with Gasteiger partial charge < -0.3 is 20.0 Å². The van der Waals surface area contributed by atoms with Crippen LogP contribution in [0.15, 0.2) is 18.3 Å². The molecule has 2 aromatic rings. The lowest BCUT2D eigenvalue weighted by Gasteiger charge is -2.29. The summed E-state index contributed by atoms with van der Waals surface area (Å²) in [7, 11) is 3.78. The van der Waals surface area contributed by atoms with Crippen LogP contribution in [0.4, 0.5) is 5.95 Å². The second kappa shape index (κ2) is 6.82. The van der Waals surface area contributed by atoms with E-state index in [1.165, 1.54) is 6.07 Å². The van der Waals surface area contributed by atoms with Gasteiger partial charge in [-0.1, -0.05) is 13.8 Å². The van der Waals surface area contributed by atoms with Crippen molar-refractivity contribution >= 4 is 11.9 Å². The fourth-order valence-corrected chi connectivity index (χ4v) is 3.09. The average molecular weight is 356 g/mol. The van der Waals surface area contributed by atoms with Crippen molar-refractivity contribution in [1.82, 2.24) is 14.9 Å². The molecule has 1 aromatic heterocycles. The van der Waals surface area contributed by atoms with Gasteiger partial charge in [-0.15, -0.1) is 0 Å². The van der Waals surface area contributed by atoms with Crippen molar-refractivity contribution in [3.8, 4) is 11.5 Å². The van der Waals surface area contributed by atoms with Crippen LogP contribution in [0.2, 0.25) is 0 Å².